The summed E-state index contributed by atoms with van der Waals surface area (Å²) in [5.74, 6) is 3.02. The first-order valence-electron chi connectivity index (χ1n) is 11.4. The summed E-state index contributed by atoms with van der Waals surface area (Å²) in [5, 5.41) is 10.5. The fourth-order valence-corrected chi connectivity index (χ4v) is 4.20. The predicted molar refractivity (Wildman–Crippen MR) is 121 cm³/mol. The molecule has 0 amide bonds. The van der Waals surface area contributed by atoms with Crippen LogP contribution in [0.4, 0.5) is 0 Å². The van der Waals surface area contributed by atoms with E-state index in [-0.39, 0.29) is 24.8 Å². The van der Waals surface area contributed by atoms with Crippen LogP contribution >= 0.6 is 0 Å². The molecule has 6 nitrogen and oxygen atoms in total. The quantitative estimate of drug-likeness (QED) is 0.414. The molecule has 0 bridgehead atoms. The van der Waals surface area contributed by atoms with E-state index in [2.05, 4.69) is 41.8 Å². The van der Waals surface area contributed by atoms with Gasteiger partial charge in [0.25, 0.3) is 0 Å². The molecule has 2 atom stereocenters. The van der Waals surface area contributed by atoms with Gasteiger partial charge in [0, 0.05) is 39.3 Å². The van der Waals surface area contributed by atoms with E-state index in [1.54, 1.807) is 0 Å². The van der Waals surface area contributed by atoms with E-state index in [0.29, 0.717) is 25.9 Å². The molecule has 8 heteroatoms. The Balaban J connectivity index is 0.00000193. The average Bonchev–Trinajstić information content (AvgIpc) is 3.26. The molecule has 2 aliphatic heterocycles. The predicted octanol–water partition coefficient (Wildman–Crippen LogP) is -2.51. The second-order valence-electron chi connectivity index (χ2n) is 8.58. The average molecular weight is 497 g/mol. The SMILES string of the molecule is CCC(C)c1ccccc1OCC(O)CN1CCN(Cc2ccc3c(c2)OCO3)CC1.[Cl-].[Cl-]. The number of hydrogen-bond acceptors (Lipinski definition) is 6. The van der Waals surface area contributed by atoms with Crippen molar-refractivity contribution in [2.24, 2.45) is 0 Å². The molecule has 0 saturated carbocycles. The Labute approximate surface area is 209 Å². The standard InChI is InChI=1S/C25H34N2O4.2ClH/c1-3-19(2)22-6-4-5-7-23(22)29-17-21(28)16-27-12-10-26(11-13-27)15-20-8-9-24-25(14-20)31-18-30-24;;/h4-9,14,19,21,28H,3,10-13,15-18H2,1-2H3;2*1H/p-2. The van der Waals surface area contributed by atoms with Crippen molar-refractivity contribution in [2.45, 2.75) is 38.8 Å². The molecule has 0 radical (unpaired) electrons. The van der Waals surface area contributed by atoms with Crippen LogP contribution in [0.3, 0.4) is 0 Å². The van der Waals surface area contributed by atoms with Crippen LogP contribution in [-0.4, -0.2) is 67.1 Å². The lowest BCUT2D eigenvalue weighted by Gasteiger charge is -2.35. The van der Waals surface area contributed by atoms with Crippen LogP contribution in [0.15, 0.2) is 42.5 Å². The van der Waals surface area contributed by atoms with Gasteiger partial charge in [0.05, 0.1) is 0 Å². The van der Waals surface area contributed by atoms with Gasteiger partial charge >= 0.3 is 0 Å². The Morgan fingerprint density at radius 3 is 2.42 bits per heavy atom. The highest BCUT2D eigenvalue weighted by Gasteiger charge is 2.21. The van der Waals surface area contributed by atoms with Crippen LogP contribution < -0.4 is 39.0 Å². The number of halogens is 2. The van der Waals surface area contributed by atoms with Crippen LogP contribution in [0.25, 0.3) is 0 Å². The molecule has 4 rings (SSSR count). The van der Waals surface area contributed by atoms with Crippen molar-refractivity contribution >= 4 is 0 Å². The van der Waals surface area contributed by atoms with Crippen molar-refractivity contribution in [1.82, 2.24) is 9.80 Å². The highest BCUT2D eigenvalue weighted by molar-refractivity contribution is 5.44. The topological polar surface area (TPSA) is 54.4 Å². The monoisotopic (exact) mass is 496 g/mol. The lowest BCUT2D eigenvalue weighted by molar-refractivity contribution is -0.001000. The second-order valence-corrected chi connectivity index (χ2v) is 8.58. The van der Waals surface area contributed by atoms with Gasteiger partial charge in [-0.05, 0) is 41.7 Å². The largest absolute Gasteiger partial charge is 1.00 e. The zero-order chi connectivity index (χ0) is 21.6. The number of nitrogens with zero attached hydrogens (tertiary/aromatic N) is 2. The minimum Gasteiger partial charge on any atom is -1.00 e. The van der Waals surface area contributed by atoms with Gasteiger partial charge in [-0.2, -0.15) is 0 Å². The number of fused-ring (bicyclic) bond motifs is 1. The zero-order valence-corrected chi connectivity index (χ0v) is 20.9. The van der Waals surface area contributed by atoms with Gasteiger partial charge in [-0.15, -0.1) is 0 Å². The third-order valence-electron chi connectivity index (χ3n) is 6.27. The lowest BCUT2D eigenvalue weighted by Crippen LogP contribution is -3.00. The van der Waals surface area contributed by atoms with E-state index in [1.165, 1.54) is 11.1 Å². The lowest BCUT2D eigenvalue weighted by atomic mass is 9.98. The second kappa shape index (κ2) is 13.3. The summed E-state index contributed by atoms with van der Waals surface area (Å²) < 4.78 is 16.9. The number of hydrogen-bond donors (Lipinski definition) is 1. The summed E-state index contributed by atoms with van der Waals surface area (Å²) >= 11 is 0. The Morgan fingerprint density at radius 1 is 0.970 bits per heavy atom. The molecule has 0 aliphatic carbocycles. The smallest absolute Gasteiger partial charge is 0.231 e. The van der Waals surface area contributed by atoms with Crippen molar-refractivity contribution in [3.05, 3.63) is 53.6 Å². The molecule has 2 aromatic carbocycles. The molecule has 1 fully saturated rings. The summed E-state index contributed by atoms with van der Waals surface area (Å²) in [7, 11) is 0. The van der Waals surface area contributed by atoms with Crippen molar-refractivity contribution in [3.8, 4) is 17.2 Å². The van der Waals surface area contributed by atoms with Crippen molar-refractivity contribution in [3.63, 3.8) is 0 Å². The molecule has 2 unspecified atom stereocenters. The number of β-amino-alcohol motifs (C(OH)–C–C–N with tert-alkyl or cyclic N) is 1. The molecule has 0 aromatic heterocycles. The molecule has 1 saturated heterocycles. The summed E-state index contributed by atoms with van der Waals surface area (Å²) in [4.78, 5) is 4.77. The maximum absolute atomic E-state index is 10.5. The third kappa shape index (κ3) is 7.39. The first-order chi connectivity index (χ1) is 15.1. The number of ether oxygens (including phenoxy) is 3. The normalized spacial score (nSPS) is 17.5. The van der Waals surface area contributed by atoms with E-state index in [1.807, 2.05) is 24.3 Å². The fourth-order valence-electron chi connectivity index (χ4n) is 4.20. The number of aliphatic hydroxyl groups excluding tert-OH is 1. The van der Waals surface area contributed by atoms with Crippen molar-refractivity contribution in [1.29, 1.82) is 0 Å². The van der Waals surface area contributed by atoms with Gasteiger partial charge in [0.15, 0.2) is 11.5 Å². The Hall–Kier alpha value is -1.70. The van der Waals surface area contributed by atoms with Crippen LogP contribution in [0.5, 0.6) is 17.2 Å². The number of rotatable bonds is 9. The van der Waals surface area contributed by atoms with E-state index in [4.69, 9.17) is 14.2 Å². The summed E-state index contributed by atoms with van der Waals surface area (Å²) in [6.45, 7) is 10.4. The summed E-state index contributed by atoms with van der Waals surface area (Å²) in [5.41, 5.74) is 2.46. The number of piperazine rings is 1. The van der Waals surface area contributed by atoms with Crippen LogP contribution in [0, 0.1) is 0 Å². The van der Waals surface area contributed by atoms with Gasteiger partial charge in [-0.3, -0.25) is 9.80 Å². The van der Waals surface area contributed by atoms with E-state index in [9.17, 15) is 5.11 Å². The van der Waals surface area contributed by atoms with Gasteiger partial charge < -0.3 is 44.1 Å². The highest BCUT2D eigenvalue weighted by atomic mass is 35.5. The van der Waals surface area contributed by atoms with E-state index >= 15 is 0 Å². The van der Waals surface area contributed by atoms with Crippen molar-refractivity contribution in [2.75, 3.05) is 46.1 Å². The molecule has 2 heterocycles. The first kappa shape index (κ1) is 27.5. The zero-order valence-electron chi connectivity index (χ0n) is 19.4. The summed E-state index contributed by atoms with van der Waals surface area (Å²) in [6.07, 6.45) is 0.574. The maximum atomic E-state index is 10.5. The van der Waals surface area contributed by atoms with E-state index < -0.39 is 6.10 Å². The highest BCUT2D eigenvalue weighted by Crippen LogP contribution is 2.33. The molecule has 2 aliphatic rings. The third-order valence-corrected chi connectivity index (χ3v) is 6.27. The van der Waals surface area contributed by atoms with E-state index in [0.717, 1.165) is 56.4 Å². The van der Waals surface area contributed by atoms with Gasteiger partial charge in [0.1, 0.15) is 18.5 Å². The van der Waals surface area contributed by atoms with Gasteiger partial charge in [-0.1, -0.05) is 38.1 Å². The fraction of sp³-hybridized carbons (Fsp3) is 0.520. The molecular formula is C25H34Cl2N2O4-2. The van der Waals surface area contributed by atoms with Crippen LogP contribution in [-0.2, 0) is 6.54 Å². The number of benzene rings is 2. The van der Waals surface area contributed by atoms with Gasteiger partial charge in [-0.25, -0.2) is 0 Å². The molecular weight excluding hydrogens is 463 g/mol. The minimum absolute atomic E-state index is 0. The van der Waals surface area contributed by atoms with Crippen molar-refractivity contribution < 1.29 is 44.1 Å². The summed E-state index contributed by atoms with van der Waals surface area (Å²) in [6, 6.07) is 14.3. The molecule has 33 heavy (non-hydrogen) atoms. The first-order valence-corrected chi connectivity index (χ1v) is 11.4. The Kier molecular flexibility index (Phi) is 11.1. The van der Waals surface area contributed by atoms with Crippen LogP contribution in [0.1, 0.15) is 37.3 Å². The molecule has 2 aromatic rings. The maximum Gasteiger partial charge on any atom is 0.231 e. The number of aliphatic hydroxyl groups is 1. The Morgan fingerprint density at radius 2 is 1.67 bits per heavy atom. The molecule has 0 spiro atoms. The molecule has 184 valence electrons. The minimum atomic E-state index is -0.495. The van der Waals surface area contributed by atoms with Gasteiger partial charge in [0.2, 0.25) is 6.79 Å². The van der Waals surface area contributed by atoms with Crippen LogP contribution in [0.2, 0.25) is 0 Å². The number of para-hydroxylation sites is 1. The Bertz CT molecular complexity index is 862. The molecule has 1 N–H and O–H groups in total.